The molecule has 0 aromatic carbocycles. The third kappa shape index (κ3) is 2.36. The highest BCUT2D eigenvalue weighted by atomic mass is 16.1. The maximum atomic E-state index is 12.1. The van der Waals surface area contributed by atoms with Crippen LogP contribution < -0.4 is 5.56 Å². The number of rotatable bonds is 2. The molecule has 0 aliphatic heterocycles. The van der Waals surface area contributed by atoms with E-state index in [9.17, 15) is 4.79 Å². The van der Waals surface area contributed by atoms with E-state index in [1.807, 2.05) is 12.1 Å². The van der Waals surface area contributed by atoms with Crippen molar-refractivity contribution < 1.29 is 0 Å². The van der Waals surface area contributed by atoms with Crippen LogP contribution in [0.15, 0.2) is 35.3 Å². The Morgan fingerprint density at radius 1 is 1.26 bits per heavy atom. The van der Waals surface area contributed by atoms with Crippen molar-refractivity contribution in [1.82, 2.24) is 9.55 Å². The van der Waals surface area contributed by atoms with Gasteiger partial charge in [0.2, 0.25) is 0 Å². The lowest BCUT2D eigenvalue weighted by molar-refractivity contribution is 0.723. The average Bonchev–Trinajstić information content (AvgIpc) is 2.44. The fourth-order valence-corrected chi connectivity index (χ4v) is 1.79. The predicted octanol–water partition coefficient (Wildman–Crippen LogP) is 1.34. The van der Waals surface area contributed by atoms with Gasteiger partial charge in [0.05, 0.1) is 6.54 Å². The minimum Gasteiger partial charge on any atom is -0.307 e. The van der Waals surface area contributed by atoms with E-state index in [1.54, 1.807) is 25.1 Å². The molecule has 19 heavy (non-hydrogen) atoms. The Morgan fingerprint density at radius 3 is 2.74 bits per heavy atom. The minimum absolute atomic E-state index is 0.0907. The molecular formula is C14H10N4O. The Morgan fingerprint density at radius 2 is 2.05 bits per heavy atom. The number of hydrogen-bond acceptors (Lipinski definition) is 4. The fraction of sp³-hybridized carbons (Fsp3) is 0.143. The van der Waals surface area contributed by atoms with Gasteiger partial charge < -0.3 is 4.57 Å². The Bertz CT molecular complexity index is 762. The van der Waals surface area contributed by atoms with Crippen molar-refractivity contribution in [1.29, 1.82) is 10.5 Å². The van der Waals surface area contributed by atoms with Gasteiger partial charge in [0.1, 0.15) is 23.4 Å². The number of nitriles is 2. The van der Waals surface area contributed by atoms with Gasteiger partial charge in [-0.1, -0.05) is 6.07 Å². The first-order chi connectivity index (χ1) is 9.17. The Hall–Kier alpha value is -2.92. The second kappa shape index (κ2) is 5.16. The highest BCUT2D eigenvalue weighted by Crippen LogP contribution is 2.07. The lowest BCUT2D eigenvalue weighted by atomic mass is 10.2. The van der Waals surface area contributed by atoms with E-state index in [0.717, 1.165) is 5.69 Å². The molecule has 92 valence electrons. The van der Waals surface area contributed by atoms with Crippen LogP contribution in [0.2, 0.25) is 0 Å². The average molecular weight is 250 g/mol. The van der Waals surface area contributed by atoms with Crippen LogP contribution in [0.4, 0.5) is 0 Å². The summed E-state index contributed by atoms with van der Waals surface area (Å²) in [6.07, 6.45) is 1.53. The molecule has 0 aliphatic carbocycles. The summed E-state index contributed by atoms with van der Waals surface area (Å²) in [4.78, 5) is 16.0. The zero-order chi connectivity index (χ0) is 13.8. The number of aromatic nitrogens is 2. The van der Waals surface area contributed by atoms with Crippen molar-refractivity contribution in [2.45, 2.75) is 13.5 Å². The molecule has 0 bridgehead atoms. The summed E-state index contributed by atoms with van der Waals surface area (Å²) >= 11 is 0. The third-order valence-electron chi connectivity index (χ3n) is 2.84. The van der Waals surface area contributed by atoms with E-state index >= 15 is 0 Å². The standard InChI is InChI=1S/C14H10N4O/c1-10-4-5-11(7-15)14(19)18(10)9-12-3-2-6-17-13(12)8-16/h2-6H,9H2,1H3. The summed E-state index contributed by atoms with van der Waals surface area (Å²) in [6, 6.07) is 10.5. The molecule has 5 nitrogen and oxygen atoms in total. The molecule has 0 N–H and O–H groups in total. The van der Waals surface area contributed by atoms with Crippen molar-refractivity contribution in [2.75, 3.05) is 0 Å². The van der Waals surface area contributed by atoms with Crippen LogP contribution in [-0.2, 0) is 6.54 Å². The fourth-order valence-electron chi connectivity index (χ4n) is 1.79. The summed E-state index contributed by atoms with van der Waals surface area (Å²) in [6.45, 7) is 2.02. The van der Waals surface area contributed by atoms with Gasteiger partial charge in [-0.3, -0.25) is 4.79 Å². The lowest BCUT2D eigenvalue weighted by Gasteiger charge is -2.10. The van der Waals surface area contributed by atoms with E-state index < -0.39 is 0 Å². The molecule has 2 aromatic rings. The summed E-state index contributed by atoms with van der Waals surface area (Å²) in [5.74, 6) is 0. The molecule has 5 heteroatoms. The Balaban J connectivity index is 2.54. The van der Waals surface area contributed by atoms with Gasteiger partial charge in [0.25, 0.3) is 5.56 Å². The number of aryl methyl sites for hydroxylation is 1. The van der Waals surface area contributed by atoms with Crippen LogP contribution in [-0.4, -0.2) is 9.55 Å². The van der Waals surface area contributed by atoms with E-state index in [0.29, 0.717) is 5.56 Å². The normalized spacial score (nSPS) is 9.63. The zero-order valence-corrected chi connectivity index (χ0v) is 10.3. The number of pyridine rings is 2. The first kappa shape index (κ1) is 12.5. The highest BCUT2D eigenvalue weighted by Gasteiger charge is 2.09. The number of nitrogens with zero attached hydrogens (tertiary/aromatic N) is 4. The van der Waals surface area contributed by atoms with Crippen LogP contribution in [0.25, 0.3) is 0 Å². The molecule has 0 fully saturated rings. The predicted molar refractivity (Wildman–Crippen MR) is 68.2 cm³/mol. The third-order valence-corrected chi connectivity index (χ3v) is 2.84. The second-order valence-electron chi connectivity index (χ2n) is 4.01. The van der Waals surface area contributed by atoms with Crippen molar-refractivity contribution in [3.8, 4) is 12.1 Å². The minimum atomic E-state index is -0.352. The first-order valence-corrected chi connectivity index (χ1v) is 5.62. The van der Waals surface area contributed by atoms with Gasteiger partial charge in [-0.05, 0) is 25.1 Å². The van der Waals surface area contributed by atoms with E-state index in [-0.39, 0.29) is 23.4 Å². The summed E-state index contributed by atoms with van der Waals surface area (Å²) < 4.78 is 1.47. The maximum absolute atomic E-state index is 12.1. The van der Waals surface area contributed by atoms with Gasteiger partial charge in [-0.15, -0.1) is 0 Å². The highest BCUT2D eigenvalue weighted by molar-refractivity contribution is 5.32. The summed E-state index contributed by atoms with van der Waals surface area (Å²) in [5.41, 5.74) is 1.42. The largest absolute Gasteiger partial charge is 0.307 e. The Kier molecular flexibility index (Phi) is 3.40. The molecule has 0 amide bonds. The van der Waals surface area contributed by atoms with Gasteiger partial charge in [0, 0.05) is 17.5 Å². The SMILES string of the molecule is Cc1ccc(C#N)c(=O)n1Cc1cccnc1C#N. The van der Waals surface area contributed by atoms with Crippen molar-refractivity contribution in [2.24, 2.45) is 0 Å². The summed E-state index contributed by atoms with van der Waals surface area (Å²) in [5, 5.41) is 17.9. The molecule has 2 aromatic heterocycles. The summed E-state index contributed by atoms with van der Waals surface area (Å²) in [7, 11) is 0. The number of hydrogen-bond donors (Lipinski definition) is 0. The van der Waals surface area contributed by atoms with Crippen LogP contribution in [0.1, 0.15) is 22.5 Å². The monoisotopic (exact) mass is 250 g/mol. The quantitative estimate of drug-likeness (QED) is 0.805. The van der Waals surface area contributed by atoms with E-state index in [2.05, 4.69) is 4.98 Å². The van der Waals surface area contributed by atoms with Crippen molar-refractivity contribution >= 4 is 0 Å². The van der Waals surface area contributed by atoms with Crippen molar-refractivity contribution in [3.05, 3.63) is 63.3 Å². The molecular weight excluding hydrogens is 240 g/mol. The second-order valence-corrected chi connectivity index (χ2v) is 4.01. The first-order valence-electron chi connectivity index (χ1n) is 5.62. The molecule has 0 saturated carbocycles. The molecule has 0 aliphatic rings. The maximum Gasteiger partial charge on any atom is 0.268 e. The molecule has 0 saturated heterocycles. The molecule has 2 rings (SSSR count). The zero-order valence-electron chi connectivity index (χ0n) is 10.3. The van der Waals surface area contributed by atoms with Gasteiger partial charge >= 0.3 is 0 Å². The van der Waals surface area contributed by atoms with E-state index in [1.165, 1.54) is 16.8 Å². The molecule has 0 radical (unpaired) electrons. The molecule has 2 heterocycles. The van der Waals surface area contributed by atoms with Crippen LogP contribution >= 0.6 is 0 Å². The van der Waals surface area contributed by atoms with Crippen molar-refractivity contribution in [3.63, 3.8) is 0 Å². The van der Waals surface area contributed by atoms with Gasteiger partial charge in [-0.25, -0.2) is 4.98 Å². The molecule has 0 unspecified atom stereocenters. The van der Waals surface area contributed by atoms with Gasteiger partial charge in [-0.2, -0.15) is 10.5 Å². The smallest absolute Gasteiger partial charge is 0.268 e. The lowest BCUT2D eigenvalue weighted by Crippen LogP contribution is -2.25. The molecule has 0 spiro atoms. The van der Waals surface area contributed by atoms with E-state index in [4.69, 9.17) is 10.5 Å². The van der Waals surface area contributed by atoms with Crippen LogP contribution in [0, 0.1) is 29.6 Å². The molecule has 0 atom stereocenters. The topological polar surface area (TPSA) is 82.5 Å². The Labute approximate surface area is 110 Å². The van der Waals surface area contributed by atoms with Crippen LogP contribution in [0.3, 0.4) is 0 Å². The van der Waals surface area contributed by atoms with Crippen LogP contribution in [0.5, 0.6) is 0 Å². The van der Waals surface area contributed by atoms with Gasteiger partial charge in [0.15, 0.2) is 0 Å².